The molecule has 0 bridgehead atoms. The summed E-state index contributed by atoms with van der Waals surface area (Å²) in [5.74, 6) is -0.121. The van der Waals surface area contributed by atoms with Crippen LogP contribution in [0.25, 0.3) is 0 Å². The van der Waals surface area contributed by atoms with Crippen molar-refractivity contribution in [3.05, 3.63) is 34.9 Å². The molecule has 4 rings (SSSR count). The molecule has 0 unspecified atom stereocenters. The molecule has 1 aromatic rings. The molecular formula is C20H23NO4S. The smallest absolute Gasteiger partial charge is 0.330 e. The van der Waals surface area contributed by atoms with Gasteiger partial charge in [-0.15, -0.1) is 11.8 Å². The predicted octanol–water partition coefficient (Wildman–Crippen LogP) is 2.75. The van der Waals surface area contributed by atoms with Gasteiger partial charge in [0.2, 0.25) is 5.91 Å². The Balaban J connectivity index is 1.39. The molecule has 2 fully saturated rings. The second-order valence-corrected chi connectivity index (χ2v) is 8.99. The zero-order chi connectivity index (χ0) is 18.3. The summed E-state index contributed by atoms with van der Waals surface area (Å²) < 4.78 is 5.29. The molecule has 2 saturated heterocycles. The summed E-state index contributed by atoms with van der Waals surface area (Å²) in [6.07, 6.45) is 5.66. The fourth-order valence-electron chi connectivity index (χ4n) is 4.22. The van der Waals surface area contributed by atoms with Crippen LogP contribution in [0.2, 0.25) is 0 Å². The van der Waals surface area contributed by atoms with E-state index in [0.29, 0.717) is 17.7 Å². The molecule has 0 spiro atoms. The number of thioether (sulfide) groups is 1. The van der Waals surface area contributed by atoms with E-state index in [9.17, 15) is 14.4 Å². The molecule has 2 aliphatic heterocycles. The number of ether oxygens (including phenoxy) is 1. The number of benzene rings is 1. The molecule has 6 heteroatoms. The molecule has 2 atom stereocenters. The minimum Gasteiger partial charge on any atom is -0.456 e. The maximum Gasteiger partial charge on any atom is 0.330 e. The van der Waals surface area contributed by atoms with Crippen LogP contribution in [0.1, 0.15) is 54.1 Å². The van der Waals surface area contributed by atoms with Gasteiger partial charge < -0.3 is 9.64 Å². The molecule has 1 amide bonds. The van der Waals surface area contributed by atoms with Gasteiger partial charge in [0.05, 0.1) is 4.87 Å². The first-order valence-corrected chi connectivity index (χ1v) is 10.2. The van der Waals surface area contributed by atoms with Crippen LogP contribution in [-0.2, 0) is 27.2 Å². The summed E-state index contributed by atoms with van der Waals surface area (Å²) in [6, 6.07) is 5.21. The number of aryl methyl sites for hydroxylation is 2. The van der Waals surface area contributed by atoms with Gasteiger partial charge >= 0.3 is 5.97 Å². The highest BCUT2D eigenvalue weighted by Crippen LogP contribution is 2.47. The van der Waals surface area contributed by atoms with E-state index >= 15 is 0 Å². The molecule has 1 aliphatic carbocycles. The van der Waals surface area contributed by atoms with Crippen molar-refractivity contribution < 1.29 is 19.1 Å². The summed E-state index contributed by atoms with van der Waals surface area (Å²) in [5.41, 5.74) is 3.15. The van der Waals surface area contributed by atoms with E-state index in [1.807, 2.05) is 25.1 Å². The second-order valence-electron chi connectivity index (χ2n) is 7.49. The van der Waals surface area contributed by atoms with Crippen LogP contribution < -0.4 is 0 Å². The predicted molar refractivity (Wildman–Crippen MR) is 99.1 cm³/mol. The molecule has 3 aliphatic rings. The fraction of sp³-hybridized carbons (Fsp3) is 0.550. The first-order chi connectivity index (χ1) is 12.5. The van der Waals surface area contributed by atoms with Crippen LogP contribution in [-0.4, -0.2) is 45.8 Å². The number of hydrogen-bond acceptors (Lipinski definition) is 5. The van der Waals surface area contributed by atoms with E-state index in [1.165, 1.54) is 17.5 Å². The fourth-order valence-corrected chi connectivity index (χ4v) is 5.63. The number of fused-ring (bicyclic) bond motifs is 2. The molecule has 5 nitrogen and oxygen atoms in total. The van der Waals surface area contributed by atoms with Gasteiger partial charge in [0.15, 0.2) is 12.4 Å². The normalized spacial score (nSPS) is 27.2. The van der Waals surface area contributed by atoms with Gasteiger partial charge in [0.1, 0.15) is 6.04 Å². The van der Waals surface area contributed by atoms with E-state index in [2.05, 4.69) is 0 Å². The van der Waals surface area contributed by atoms with Gasteiger partial charge in [0, 0.05) is 17.7 Å². The highest BCUT2D eigenvalue weighted by Gasteiger charge is 2.53. The minimum absolute atomic E-state index is 0.000429. The Morgan fingerprint density at radius 1 is 1.23 bits per heavy atom. The van der Waals surface area contributed by atoms with Crippen molar-refractivity contribution in [3.63, 3.8) is 0 Å². The number of amides is 1. The number of Topliss-reactive ketones (excluding diaryl/α,β-unsaturated/α-hetero) is 1. The highest BCUT2D eigenvalue weighted by molar-refractivity contribution is 8.01. The van der Waals surface area contributed by atoms with Crippen LogP contribution in [0.5, 0.6) is 0 Å². The van der Waals surface area contributed by atoms with E-state index < -0.39 is 12.0 Å². The van der Waals surface area contributed by atoms with Crippen molar-refractivity contribution in [2.45, 2.75) is 56.4 Å². The van der Waals surface area contributed by atoms with Crippen LogP contribution in [0.15, 0.2) is 18.2 Å². The van der Waals surface area contributed by atoms with Crippen molar-refractivity contribution in [2.75, 3.05) is 12.4 Å². The summed E-state index contributed by atoms with van der Waals surface area (Å²) in [5, 5.41) is 0. The zero-order valence-electron chi connectivity index (χ0n) is 15.0. The SMILES string of the molecule is C[C@]12CCC(=O)N1[C@H](C(=O)OCC(=O)c1ccc3c(c1)CCCC3)CS2. The lowest BCUT2D eigenvalue weighted by atomic mass is 9.90. The maximum absolute atomic E-state index is 12.5. The number of esters is 1. The number of carbonyl (C=O) groups excluding carboxylic acids is 3. The number of rotatable bonds is 4. The number of hydrogen-bond donors (Lipinski definition) is 0. The van der Waals surface area contributed by atoms with Gasteiger partial charge in [-0.25, -0.2) is 4.79 Å². The first kappa shape index (κ1) is 17.6. The van der Waals surface area contributed by atoms with Gasteiger partial charge in [-0.1, -0.05) is 12.1 Å². The third-order valence-electron chi connectivity index (χ3n) is 5.73. The third-order valence-corrected chi connectivity index (χ3v) is 7.24. The Morgan fingerprint density at radius 2 is 2.00 bits per heavy atom. The van der Waals surface area contributed by atoms with Crippen LogP contribution in [0.4, 0.5) is 0 Å². The third kappa shape index (κ3) is 3.04. The van der Waals surface area contributed by atoms with Gasteiger partial charge in [0.25, 0.3) is 0 Å². The van der Waals surface area contributed by atoms with Crippen molar-refractivity contribution in [1.82, 2.24) is 4.90 Å². The Morgan fingerprint density at radius 3 is 2.81 bits per heavy atom. The van der Waals surface area contributed by atoms with Gasteiger partial charge in [-0.3, -0.25) is 9.59 Å². The van der Waals surface area contributed by atoms with Gasteiger partial charge in [-0.05, 0) is 56.2 Å². The van der Waals surface area contributed by atoms with Crippen molar-refractivity contribution in [3.8, 4) is 0 Å². The van der Waals surface area contributed by atoms with Crippen LogP contribution in [0.3, 0.4) is 0 Å². The standard InChI is InChI=1S/C20H23NO4S/c1-20-9-8-18(23)21(20)16(12-26-20)19(24)25-11-17(22)15-7-6-13-4-2-3-5-14(13)10-15/h6-7,10,16H,2-5,8-9,11-12H2,1H3/t16-,20-/m0/s1. The molecule has 0 saturated carbocycles. The Bertz CT molecular complexity index is 777. The lowest BCUT2D eigenvalue weighted by Gasteiger charge is -2.29. The largest absolute Gasteiger partial charge is 0.456 e. The van der Waals surface area contributed by atoms with E-state index in [0.717, 1.165) is 25.7 Å². The molecule has 0 N–H and O–H groups in total. The summed E-state index contributed by atoms with van der Waals surface area (Å²) >= 11 is 1.62. The van der Waals surface area contributed by atoms with E-state index in [1.54, 1.807) is 16.7 Å². The molecule has 0 radical (unpaired) electrons. The maximum atomic E-state index is 12.5. The Labute approximate surface area is 157 Å². The van der Waals surface area contributed by atoms with Crippen molar-refractivity contribution >= 4 is 29.4 Å². The molecule has 26 heavy (non-hydrogen) atoms. The second kappa shape index (κ2) is 6.72. The van der Waals surface area contributed by atoms with Gasteiger partial charge in [-0.2, -0.15) is 0 Å². The lowest BCUT2D eigenvalue weighted by Crippen LogP contribution is -2.46. The van der Waals surface area contributed by atoms with Crippen molar-refractivity contribution in [1.29, 1.82) is 0 Å². The number of carbonyl (C=O) groups is 3. The monoisotopic (exact) mass is 373 g/mol. The average molecular weight is 373 g/mol. The molecular weight excluding hydrogens is 350 g/mol. The lowest BCUT2D eigenvalue weighted by molar-refractivity contribution is -0.152. The quantitative estimate of drug-likeness (QED) is 0.600. The number of nitrogens with zero attached hydrogens (tertiary/aromatic N) is 1. The van der Waals surface area contributed by atoms with Crippen molar-refractivity contribution in [2.24, 2.45) is 0 Å². The molecule has 0 aromatic heterocycles. The Kier molecular flexibility index (Phi) is 4.55. The van der Waals surface area contributed by atoms with E-state index in [-0.39, 0.29) is 23.2 Å². The van der Waals surface area contributed by atoms with E-state index in [4.69, 9.17) is 4.74 Å². The molecule has 138 valence electrons. The Hall–Kier alpha value is -1.82. The minimum atomic E-state index is -0.573. The van der Waals surface area contributed by atoms with Crippen LogP contribution in [0, 0.1) is 0 Å². The van der Waals surface area contributed by atoms with Crippen LogP contribution >= 0.6 is 11.8 Å². The highest BCUT2D eigenvalue weighted by atomic mass is 32.2. The average Bonchev–Trinajstić information content (AvgIpc) is 3.15. The first-order valence-electron chi connectivity index (χ1n) is 9.26. The summed E-state index contributed by atoms with van der Waals surface area (Å²) in [4.78, 5) is 38.4. The topological polar surface area (TPSA) is 63.7 Å². The summed E-state index contributed by atoms with van der Waals surface area (Å²) in [6.45, 7) is 1.73. The molecule has 2 heterocycles. The summed E-state index contributed by atoms with van der Waals surface area (Å²) in [7, 11) is 0. The number of ketones is 1. The zero-order valence-corrected chi connectivity index (χ0v) is 15.8. The molecule has 1 aromatic carbocycles.